The fourth-order valence-electron chi connectivity index (χ4n) is 2.36. The number of esters is 1. The molecule has 0 amide bonds. The van der Waals surface area contributed by atoms with E-state index < -0.39 is 0 Å². The molecule has 106 valence electrons. The Morgan fingerprint density at radius 2 is 1.95 bits per heavy atom. The van der Waals surface area contributed by atoms with Gasteiger partial charge in [-0.2, -0.15) is 0 Å². The average molecular weight is 273 g/mol. The summed E-state index contributed by atoms with van der Waals surface area (Å²) in [5.74, 6) is -0.263. The number of carbonyl (C=O) groups is 1. The van der Waals surface area contributed by atoms with Gasteiger partial charge in [0.05, 0.1) is 6.10 Å². The third-order valence-corrected chi connectivity index (χ3v) is 3.10. The van der Waals surface area contributed by atoms with E-state index in [1.807, 2.05) is 33.9 Å². The van der Waals surface area contributed by atoms with E-state index in [0.717, 1.165) is 22.0 Å². The first kappa shape index (κ1) is 14.4. The van der Waals surface area contributed by atoms with Crippen molar-refractivity contribution in [1.29, 1.82) is 0 Å². The molecule has 0 saturated carbocycles. The zero-order valence-corrected chi connectivity index (χ0v) is 12.7. The maximum atomic E-state index is 11.7. The van der Waals surface area contributed by atoms with Crippen molar-refractivity contribution in [1.82, 2.24) is 5.10 Å². The lowest BCUT2D eigenvalue weighted by Gasteiger charge is -2.07. The number of carbonyl (C=O) groups excluding carboxylic acids is 1. The average Bonchev–Trinajstić information content (AvgIpc) is 2.29. The van der Waals surface area contributed by atoms with Crippen LogP contribution in [0.1, 0.15) is 30.5 Å². The molecule has 1 aromatic carbocycles. The van der Waals surface area contributed by atoms with Gasteiger partial charge in [0.25, 0.3) is 6.54 Å². The van der Waals surface area contributed by atoms with Crippen molar-refractivity contribution in [2.75, 3.05) is 0 Å². The lowest BCUT2D eigenvalue weighted by atomic mass is 10.0. The molecule has 0 unspecified atom stereocenters. The predicted molar refractivity (Wildman–Crippen MR) is 77.4 cm³/mol. The molecule has 0 radical (unpaired) electrons. The molecule has 4 heteroatoms. The van der Waals surface area contributed by atoms with E-state index in [2.05, 4.69) is 24.2 Å². The van der Waals surface area contributed by atoms with Crippen molar-refractivity contribution in [2.24, 2.45) is 0 Å². The minimum atomic E-state index is -0.263. The Hall–Kier alpha value is -1.97. The van der Waals surface area contributed by atoms with Crippen LogP contribution in [0, 0.1) is 20.8 Å². The van der Waals surface area contributed by atoms with Gasteiger partial charge in [-0.15, -0.1) is 0 Å². The molecule has 0 atom stereocenters. The molecule has 1 heterocycles. The predicted octanol–water partition coefficient (Wildman–Crippen LogP) is 2.40. The first-order chi connectivity index (χ1) is 9.36. The highest BCUT2D eigenvalue weighted by Crippen LogP contribution is 2.19. The van der Waals surface area contributed by atoms with E-state index >= 15 is 0 Å². The summed E-state index contributed by atoms with van der Waals surface area (Å²) >= 11 is 0. The zero-order valence-electron chi connectivity index (χ0n) is 12.7. The summed E-state index contributed by atoms with van der Waals surface area (Å²) in [4.78, 5) is 11.7. The SMILES string of the molecule is Cc1cc(C)c2n[n+](CC(=O)OC(C)C)cc(C)c2c1. The van der Waals surface area contributed by atoms with Crippen LogP contribution in [0.25, 0.3) is 10.9 Å². The summed E-state index contributed by atoms with van der Waals surface area (Å²) in [5, 5.41) is 5.67. The third-order valence-electron chi connectivity index (χ3n) is 3.10. The normalized spacial score (nSPS) is 11.1. The molecule has 0 fully saturated rings. The summed E-state index contributed by atoms with van der Waals surface area (Å²) in [7, 11) is 0. The zero-order chi connectivity index (χ0) is 14.9. The number of benzene rings is 1. The quantitative estimate of drug-likeness (QED) is 0.637. The van der Waals surface area contributed by atoms with Crippen molar-refractivity contribution >= 4 is 16.9 Å². The van der Waals surface area contributed by atoms with Crippen LogP contribution in [0.2, 0.25) is 0 Å². The fourth-order valence-corrected chi connectivity index (χ4v) is 2.36. The molecule has 0 bridgehead atoms. The first-order valence-electron chi connectivity index (χ1n) is 6.84. The monoisotopic (exact) mass is 273 g/mol. The largest absolute Gasteiger partial charge is 0.458 e. The number of rotatable bonds is 3. The van der Waals surface area contributed by atoms with Crippen LogP contribution in [0.15, 0.2) is 18.3 Å². The maximum absolute atomic E-state index is 11.7. The molecular weight excluding hydrogens is 252 g/mol. The van der Waals surface area contributed by atoms with Gasteiger partial charge in [0.1, 0.15) is 5.52 Å². The lowest BCUT2D eigenvalue weighted by molar-refractivity contribution is -0.741. The molecule has 0 N–H and O–H groups in total. The third kappa shape index (κ3) is 3.13. The standard InChI is InChI=1S/C16H21N2O2/c1-10(2)20-15(19)9-18-8-13(5)14-7-11(3)6-12(4)16(14)17-18/h6-8,10H,9H2,1-5H3/q+1. The molecule has 0 spiro atoms. The van der Waals surface area contributed by atoms with E-state index in [1.165, 1.54) is 5.56 Å². The number of nitrogens with zero attached hydrogens (tertiary/aromatic N) is 2. The van der Waals surface area contributed by atoms with Gasteiger partial charge < -0.3 is 4.74 Å². The highest BCUT2D eigenvalue weighted by atomic mass is 16.5. The highest BCUT2D eigenvalue weighted by Gasteiger charge is 2.17. The minimum absolute atomic E-state index is 0.103. The number of ether oxygens (including phenoxy) is 1. The summed E-state index contributed by atoms with van der Waals surface area (Å²) < 4.78 is 6.81. The highest BCUT2D eigenvalue weighted by molar-refractivity contribution is 5.84. The van der Waals surface area contributed by atoms with Crippen molar-refractivity contribution in [3.8, 4) is 0 Å². The van der Waals surface area contributed by atoms with Crippen LogP contribution in [0.3, 0.4) is 0 Å². The molecular formula is C16H21N2O2+. The Balaban J connectivity index is 2.40. The first-order valence-corrected chi connectivity index (χ1v) is 6.84. The van der Waals surface area contributed by atoms with E-state index in [9.17, 15) is 4.79 Å². The van der Waals surface area contributed by atoms with Crippen LogP contribution in [-0.2, 0) is 16.1 Å². The van der Waals surface area contributed by atoms with Gasteiger partial charge in [-0.05, 0) is 46.2 Å². The van der Waals surface area contributed by atoms with Gasteiger partial charge in [0.2, 0.25) is 6.20 Å². The molecule has 1 aromatic heterocycles. The summed E-state index contributed by atoms with van der Waals surface area (Å²) in [5.41, 5.74) is 4.39. The second-order valence-electron chi connectivity index (χ2n) is 5.53. The second-order valence-corrected chi connectivity index (χ2v) is 5.53. The number of aromatic nitrogens is 2. The molecule has 2 rings (SSSR count). The summed E-state index contributed by atoms with van der Waals surface area (Å²) in [6, 6.07) is 4.23. The molecule has 4 nitrogen and oxygen atoms in total. The van der Waals surface area contributed by atoms with Crippen LogP contribution in [-0.4, -0.2) is 17.2 Å². The van der Waals surface area contributed by atoms with Crippen LogP contribution >= 0.6 is 0 Å². The van der Waals surface area contributed by atoms with Gasteiger partial charge in [0.15, 0.2) is 0 Å². The Morgan fingerprint density at radius 3 is 2.60 bits per heavy atom. The Kier molecular flexibility index (Phi) is 4.02. The molecule has 0 aliphatic carbocycles. The Labute approximate surface area is 119 Å². The molecule has 20 heavy (non-hydrogen) atoms. The van der Waals surface area contributed by atoms with Crippen LogP contribution < -0.4 is 4.68 Å². The number of hydrogen-bond donors (Lipinski definition) is 0. The second kappa shape index (κ2) is 5.57. The van der Waals surface area contributed by atoms with E-state index in [0.29, 0.717) is 0 Å². The van der Waals surface area contributed by atoms with Crippen LogP contribution in [0.4, 0.5) is 0 Å². The minimum Gasteiger partial charge on any atom is -0.458 e. The summed E-state index contributed by atoms with van der Waals surface area (Å²) in [6.45, 7) is 9.98. The van der Waals surface area contributed by atoms with Crippen molar-refractivity contribution in [3.05, 3.63) is 35.0 Å². The maximum Gasteiger partial charge on any atom is 0.375 e. The Bertz CT molecular complexity index is 663. The van der Waals surface area contributed by atoms with Gasteiger partial charge in [-0.3, -0.25) is 0 Å². The smallest absolute Gasteiger partial charge is 0.375 e. The lowest BCUT2D eigenvalue weighted by Crippen LogP contribution is -2.43. The topological polar surface area (TPSA) is 43.1 Å². The summed E-state index contributed by atoms with van der Waals surface area (Å²) in [6.07, 6.45) is 1.79. The molecule has 0 saturated heterocycles. The fraction of sp³-hybridized carbons (Fsp3) is 0.438. The number of fused-ring (bicyclic) bond motifs is 1. The van der Waals surface area contributed by atoms with Gasteiger partial charge in [-0.25, -0.2) is 4.79 Å². The van der Waals surface area contributed by atoms with E-state index in [1.54, 1.807) is 4.68 Å². The van der Waals surface area contributed by atoms with Gasteiger partial charge in [-0.1, -0.05) is 16.3 Å². The van der Waals surface area contributed by atoms with E-state index in [4.69, 9.17) is 4.74 Å². The molecule has 2 aromatic rings. The van der Waals surface area contributed by atoms with Crippen LogP contribution in [0.5, 0.6) is 0 Å². The number of aryl methyl sites for hydroxylation is 3. The Morgan fingerprint density at radius 1 is 1.25 bits per heavy atom. The van der Waals surface area contributed by atoms with E-state index in [-0.39, 0.29) is 18.6 Å². The van der Waals surface area contributed by atoms with Crippen molar-refractivity contribution < 1.29 is 14.2 Å². The van der Waals surface area contributed by atoms with Crippen molar-refractivity contribution in [2.45, 2.75) is 47.3 Å². The molecule has 0 aliphatic rings. The van der Waals surface area contributed by atoms with Gasteiger partial charge in [0, 0.05) is 16.0 Å². The molecule has 0 aliphatic heterocycles. The number of hydrogen-bond acceptors (Lipinski definition) is 3. The van der Waals surface area contributed by atoms with Gasteiger partial charge >= 0.3 is 5.97 Å². The van der Waals surface area contributed by atoms with Crippen molar-refractivity contribution in [3.63, 3.8) is 0 Å².